The van der Waals surface area contributed by atoms with Gasteiger partial charge in [0.15, 0.2) is 11.5 Å². The van der Waals surface area contributed by atoms with Crippen LogP contribution in [0.25, 0.3) is 5.82 Å². The van der Waals surface area contributed by atoms with Crippen LogP contribution in [0.3, 0.4) is 0 Å². The van der Waals surface area contributed by atoms with Crippen molar-refractivity contribution in [3.8, 4) is 5.82 Å². The summed E-state index contributed by atoms with van der Waals surface area (Å²) < 4.78 is 40.9. The maximum absolute atomic E-state index is 13.1. The average Bonchev–Trinajstić information content (AvgIpc) is 3.02. The molecule has 2 aromatic heterocycles. The van der Waals surface area contributed by atoms with Gasteiger partial charge in [-0.1, -0.05) is 11.6 Å². The van der Waals surface area contributed by atoms with Gasteiger partial charge in [0.05, 0.1) is 5.69 Å². The zero-order valence-corrected chi connectivity index (χ0v) is 14.8. The highest BCUT2D eigenvalue weighted by Crippen LogP contribution is 2.57. The number of carbonyl (C=O) groups excluding carboxylic acids is 1. The number of amides is 1. The van der Waals surface area contributed by atoms with Gasteiger partial charge in [0.25, 0.3) is 5.91 Å². The largest absolute Gasteiger partial charge is 0.410 e. The van der Waals surface area contributed by atoms with Crippen LogP contribution in [0.1, 0.15) is 47.9 Å². The van der Waals surface area contributed by atoms with Crippen molar-refractivity contribution < 1.29 is 18.0 Å². The Hall–Kier alpha value is -2.09. The van der Waals surface area contributed by atoms with Crippen LogP contribution in [-0.4, -0.2) is 32.4 Å². The van der Waals surface area contributed by atoms with Crippen molar-refractivity contribution in [2.24, 2.45) is 5.92 Å². The van der Waals surface area contributed by atoms with E-state index >= 15 is 0 Å². The fourth-order valence-corrected chi connectivity index (χ4v) is 3.55. The van der Waals surface area contributed by atoms with Crippen molar-refractivity contribution in [3.05, 3.63) is 40.3 Å². The summed E-state index contributed by atoms with van der Waals surface area (Å²) in [7, 11) is 0. The van der Waals surface area contributed by atoms with Crippen molar-refractivity contribution in [2.75, 3.05) is 0 Å². The number of hydrogen-bond donors (Lipinski definition) is 1. The van der Waals surface area contributed by atoms with Gasteiger partial charge in [-0.25, -0.2) is 9.67 Å². The van der Waals surface area contributed by atoms with Gasteiger partial charge in [0, 0.05) is 28.8 Å². The first-order valence-corrected chi connectivity index (χ1v) is 8.59. The fourth-order valence-electron chi connectivity index (χ4n) is 3.40. The Morgan fingerprint density at radius 3 is 2.77 bits per heavy atom. The van der Waals surface area contributed by atoms with Gasteiger partial charge < -0.3 is 5.32 Å². The summed E-state index contributed by atoms with van der Waals surface area (Å²) >= 11 is 6.01. The monoisotopic (exact) mass is 384 g/mol. The van der Waals surface area contributed by atoms with Crippen LogP contribution >= 0.6 is 11.6 Å². The molecule has 2 aliphatic carbocycles. The molecule has 0 saturated heterocycles. The summed E-state index contributed by atoms with van der Waals surface area (Å²) in [4.78, 5) is 16.8. The second-order valence-electron chi connectivity index (χ2n) is 7.34. The third-order valence-corrected chi connectivity index (χ3v) is 5.27. The second kappa shape index (κ2) is 5.45. The van der Waals surface area contributed by atoms with E-state index in [1.165, 1.54) is 6.20 Å². The molecule has 2 aliphatic rings. The number of hydrogen-bond acceptors (Lipinski definition) is 3. The van der Waals surface area contributed by atoms with Gasteiger partial charge in [-0.3, -0.25) is 4.79 Å². The van der Waals surface area contributed by atoms with E-state index in [0.717, 1.165) is 26.0 Å². The molecule has 4 rings (SSSR count). The number of nitrogens with one attached hydrogen (secondary N) is 1. The molecular formula is C17H16ClF3N4O. The molecule has 0 unspecified atom stereocenters. The molecule has 2 heterocycles. The predicted octanol–water partition coefficient (Wildman–Crippen LogP) is 3.65. The molecule has 1 fully saturated rings. The van der Waals surface area contributed by atoms with E-state index in [-0.39, 0.29) is 11.6 Å². The van der Waals surface area contributed by atoms with Crippen molar-refractivity contribution in [3.63, 3.8) is 0 Å². The van der Waals surface area contributed by atoms with Crippen LogP contribution < -0.4 is 5.32 Å². The van der Waals surface area contributed by atoms with E-state index < -0.39 is 17.6 Å². The zero-order valence-electron chi connectivity index (χ0n) is 14.1. The molecule has 9 heteroatoms. The maximum Gasteiger partial charge on any atom is 0.410 e. The Kier molecular flexibility index (Phi) is 3.63. The molecule has 138 valence electrons. The van der Waals surface area contributed by atoms with E-state index in [2.05, 4.69) is 15.4 Å². The number of alkyl halides is 3. The van der Waals surface area contributed by atoms with Gasteiger partial charge in [0.2, 0.25) is 0 Å². The lowest BCUT2D eigenvalue weighted by molar-refractivity contribution is -0.182. The molecule has 0 bridgehead atoms. The molecule has 2 aromatic rings. The molecule has 2 atom stereocenters. The van der Waals surface area contributed by atoms with E-state index in [0.29, 0.717) is 28.7 Å². The normalized spacial score (nSPS) is 21.3. The van der Waals surface area contributed by atoms with Gasteiger partial charge in [-0.15, -0.1) is 0 Å². The highest BCUT2D eigenvalue weighted by atomic mass is 35.5. The minimum atomic E-state index is -4.56. The Morgan fingerprint density at radius 1 is 1.38 bits per heavy atom. The molecule has 0 aliphatic heterocycles. The van der Waals surface area contributed by atoms with Crippen LogP contribution in [0.2, 0.25) is 5.02 Å². The molecule has 26 heavy (non-hydrogen) atoms. The molecule has 5 nitrogen and oxygen atoms in total. The Balaban J connectivity index is 1.74. The quantitative estimate of drug-likeness (QED) is 0.878. The summed E-state index contributed by atoms with van der Waals surface area (Å²) in [6, 6.07) is 3.24. The summed E-state index contributed by atoms with van der Waals surface area (Å²) in [5, 5.41) is 6.83. The maximum atomic E-state index is 13.1. The number of pyridine rings is 1. The Bertz CT molecular complexity index is 906. The number of nitrogens with zero attached hydrogens (tertiary/aromatic N) is 3. The molecular weight excluding hydrogens is 369 g/mol. The van der Waals surface area contributed by atoms with E-state index in [9.17, 15) is 18.0 Å². The van der Waals surface area contributed by atoms with E-state index in [1.54, 1.807) is 16.8 Å². The van der Waals surface area contributed by atoms with Crippen molar-refractivity contribution in [1.82, 2.24) is 20.1 Å². The summed E-state index contributed by atoms with van der Waals surface area (Å²) in [6.45, 7) is 1.86. The zero-order chi connectivity index (χ0) is 18.9. The average molecular weight is 385 g/mol. The topological polar surface area (TPSA) is 59.8 Å². The van der Waals surface area contributed by atoms with Gasteiger partial charge in [-0.05, 0) is 38.7 Å². The number of halogens is 4. The number of carbonyl (C=O) groups is 1. The Labute approximate surface area is 152 Å². The van der Waals surface area contributed by atoms with Crippen LogP contribution in [0.5, 0.6) is 0 Å². The third-order valence-electron chi connectivity index (χ3n) is 5.04. The first-order valence-electron chi connectivity index (χ1n) is 8.21. The van der Waals surface area contributed by atoms with Crippen molar-refractivity contribution >= 4 is 17.5 Å². The molecule has 1 saturated carbocycles. The van der Waals surface area contributed by atoms with Crippen LogP contribution in [-0.2, 0) is 6.42 Å². The summed E-state index contributed by atoms with van der Waals surface area (Å²) in [5.74, 6) is 0.326. The SMILES string of the molecule is CC(C)(NC(=O)c1nn(-c2cc(Cl)ccn2)c2c1C[C@H]1C[C@@H]21)C(F)(F)F. The lowest BCUT2D eigenvalue weighted by Crippen LogP contribution is -2.54. The fraction of sp³-hybridized carbons (Fsp3) is 0.471. The molecule has 0 radical (unpaired) electrons. The van der Waals surface area contributed by atoms with Crippen LogP contribution in [0, 0.1) is 5.92 Å². The minimum absolute atomic E-state index is 0.0336. The highest BCUT2D eigenvalue weighted by Gasteiger charge is 2.52. The standard InChI is InChI=1S/C17H16ClF3N4O/c1-16(2,17(19,20)21)23-15(26)13-11-6-8-5-10(8)14(11)25(24-13)12-7-9(18)3-4-22-12/h3-4,7-8,10H,5-6H2,1-2H3,(H,23,26)/t8-,10-/m1/s1. The third kappa shape index (κ3) is 2.67. The van der Waals surface area contributed by atoms with Gasteiger partial charge in [-0.2, -0.15) is 18.3 Å². The second-order valence-corrected chi connectivity index (χ2v) is 7.78. The summed E-state index contributed by atoms with van der Waals surface area (Å²) in [5.41, 5.74) is -0.745. The number of aromatic nitrogens is 3. The molecule has 0 spiro atoms. The van der Waals surface area contributed by atoms with Gasteiger partial charge >= 0.3 is 6.18 Å². The Morgan fingerprint density at radius 2 is 2.12 bits per heavy atom. The molecule has 1 N–H and O–H groups in total. The first-order chi connectivity index (χ1) is 12.1. The predicted molar refractivity (Wildman–Crippen MR) is 88.5 cm³/mol. The first kappa shape index (κ1) is 17.3. The van der Waals surface area contributed by atoms with Crippen LogP contribution in [0.4, 0.5) is 13.2 Å². The van der Waals surface area contributed by atoms with Crippen molar-refractivity contribution in [1.29, 1.82) is 0 Å². The van der Waals surface area contributed by atoms with Crippen molar-refractivity contribution in [2.45, 2.75) is 44.3 Å². The lowest BCUT2D eigenvalue weighted by atomic mass is 10.0. The number of fused-ring (bicyclic) bond motifs is 3. The number of rotatable bonds is 3. The smallest absolute Gasteiger partial charge is 0.337 e. The minimum Gasteiger partial charge on any atom is -0.337 e. The van der Waals surface area contributed by atoms with Gasteiger partial charge in [0.1, 0.15) is 5.54 Å². The van der Waals surface area contributed by atoms with E-state index in [4.69, 9.17) is 11.6 Å². The summed E-state index contributed by atoms with van der Waals surface area (Å²) in [6.07, 6.45) is -1.40. The molecule has 0 aromatic carbocycles. The lowest BCUT2D eigenvalue weighted by Gasteiger charge is -2.28. The highest BCUT2D eigenvalue weighted by molar-refractivity contribution is 6.30. The molecule has 1 amide bonds. The van der Waals surface area contributed by atoms with E-state index in [1.807, 2.05) is 0 Å². The van der Waals surface area contributed by atoms with Crippen LogP contribution in [0.15, 0.2) is 18.3 Å².